The molecule has 1 saturated heterocycles. The molecule has 0 aromatic heterocycles. The SMILES string of the molecule is COCCCNC(=O)CN1CCCCC1C1CCCC1=O. The van der Waals surface area contributed by atoms with Gasteiger partial charge in [-0.25, -0.2) is 0 Å². The molecule has 5 nitrogen and oxygen atoms in total. The largest absolute Gasteiger partial charge is 0.385 e. The van der Waals surface area contributed by atoms with E-state index in [9.17, 15) is 9.59 Å². The minimum absolute atomic E-state index is 0.0726. The molecule has 21 heavy (non-hydrogen) atoms. The number of hydrogen-bond donors (Lipinski definition) is 1. The zero-order valence-corrected chi connectivity index (χ0v) is 13.1. The number of methoxy groups -OCH3 is 1. The van der Waals surface area contributed by atoms with Crippen molar-refractivity contribution in [2.45, 2.75) is 51.0 Å². The van der Waals surface area contributed by atoms with Crippen molar-refractivity contribution in [2.75, 3.05) is 33.4 Å². The van der Waals surface area contributed by atoms with Gasteiger partial charge >= 0.3 is 0 Å². The first kappa shape index (κ1) is 16.4. The van der Waals surface area contributed by atoms with E-state index in [4.69, 9.17) is 4.74 Å². The Morgan fingerprint density at radius 3 is 2.90 bits per heavy atom. The predicted octanol–water partition coefficient (Wildman–Crippen LogP) is 1.36. The minimum atomic E-state index is 0.0726. The first-order chi connectivity index (χ1) is 10.2. The summed E-state index contributed by atoms with van der Waals surface area (Å²) in [5, 5.41) is 2.94. The summed E-state index contributed by atoms with van der Waals surface area (Å²) in [6, 6.07) is 0.290. The van der Waals surface area contributed by atoms with Gasteiger partial charge in [-0.15, -0.1) is 0 Å². The fraction of sp³-hybridized carbons (Fsp3) is 0.875. The Bertz CT molecular complexity index is 359. The summed E-state index contributed by atoms with van der Waals surface area (Å²) in [7, 11) is 1.67. The highest BCUT2D eigenvalue weighted by Gasteiger charge is 2.37. The number of hydrogen-bond acceptors (Lipinski definition) is 4. The lowest BCUT2D eigenvalue weighted by molar-refractivity contribution is -0.127. The topological polar surface area (TPSA) is 58.6 Å². The van der Waals surface area contributed by atoms with Gasteiger partial charge in [-0.05, 0) is 38.6 Å². The van der Waals surface area contributed by atoms with Crippen LogP contribution in [0.3, 0.4) is 0 Å². The fourth-order valence-electron chi connectivity index (χ4n) is 3.60. The third kappa shape index (κ3) is 4.78. The second-order valence-electron chi connectivity index (χ2n) is 6.19. The average Bonchev–Trinajstić information content (AvgIpc) is 2.90. The van der Waals surface area contributed by atoms with Gasteiger partial charge in [0.25, 0.3) is 0 Å². The molecule has 0 spiro atoms. The number of rotatable bonds is 7. The maximum absolute atomic E-state index is 12.0. The fourth-order valence-corrected chi connectivity index (χ4v) is 3.60. The molecule has 0 bridgehead atoms. The molecule has 2 atom stereocenters. The van der Waals surface area contributed by atoms with E-state index in [-0.39, 0.29) is 11.8 Å². The van der Waals surface area contributed by atoms with Gasteiger partial charge in [-0.1, -0.05) is 6.42 Å². The van der Waals surface area contributed by atoms with Crippen LogP contribution >= 0.6 is 0 Å². The van der Waals surface area contributed by atoms with E-state index in [1.807, 2.05) is 0 Å². The Morgan fingerprint density at radius 2 is 2.19 bits per heavy atom. The number of ether oxygens (including phenoxy) is 1. The number of nitrogens with one attached hydrogen (secondary N) is 1. The lowest BCUT2D eigenvalue weighted by Gasteiger charge is -2.38. The third-order valence-corrected chi connectivity index (χ3v) is 4.67. The summed E-state index contributed by atoms with van der Waals surface area (Å²) < 4.78 is 4.97. The molecule has 1 N–H and O–H groups in total. The molecule has 2 fully saturated rings. The average molecular weight is 296 g/mol. The zero-order chi connectivity index (χ0) is 15.1. The Morgan fingerprint density at radius 1 is 1.33 bits per heavy atom. The number of piperidine rings is 1. The van der Waals surface area contributed by atoms with Crippen LogP contribution in [0.4, 0.5) is 0 Å². The van der Waals surface area contributed by atoms with Crippen LogP contribution in [0.1, 0.15) is 44.9 Å². The quantitative estimate of drug-likeness (QED) is 0.721. The van der Waals surface area contributed by atoms with Crippen molar-refractivity contribution >= 4 is 11.7 Å². The summed E-state index contributed by atoms with van der Waals surface area (Å²) in [4.78, 5) is 26.3. The number of carbonyl (C=O) groups excluding carboxylic acids is 2. The molecule has 1 amide bonds. The van der Waals surface area contributed by atoms with Crippen molar-refractivity contribution in [3.05, 3.63) is 0 Å². The first-order valence-electron chi connectivity index (χ1n) is 8.24. The Hall–Kier alpha value is -0.940. The van der Waals surface area contributed by atoms with E-state index in [1.165, 1.54) is 6.42 Å². The highest BCUT2D eigenvalue weighted by Crippen LogP contribution is 2.32. The van der Waals surface area contributed by atoms with Gasteiger partial charge in [-0.2, -0.15) is 0 Å². The van der Waals surface area contributed by atoms with Gasteiger partial charge < -0.3 is 10.1 Å². The molecule has 5 heteroatoms. The zero-order valence-electron chi connectivity index (χ0n) is 13.1. The number of Topliss-reactive ketones (excluding diaryl/α,β-unsaturated/α-hetero) is 1. The van der Waals surface area contributed by atoms with E-state index in [0.717, 1.165) is 45.1 Å². The van der Waals surface area contributed by atoms with Crippen LogP contribution in [-0.2, 0) is 14.3 Å². The maximum Gasteiger partial charge on any atom is 0.234 e. The number of amides is 1. The van der Waals surface area contributed by atoms with Crippen molar-refractivity contribution in [2.24, 2.45) is 5.92 Å². The second kappa shape index (κ2) is 8.49. The normalized spacial score (nSPS) is 27.0. The Balaban J connectivity index is 1.81. The number of carbonyl (C=O) groups is 2. The van der Waals surface area contributed by atoms with Gasteiger partial charge in [0.2, 0.25) is 5.91 Å². The molecular formula is C16H28N2O3. The maximum atomic E-state index is 12.0. The molecule has 0 aromatic rings. The summed E-state index contributed by atoms with van der Waals surface area (Å²) in [5.41, 5.74) is 0. The third-order valence-electron chi connectivity index (χ3n) is 4.67. The molecule has 2 aliphatic rings. The van der Waals surface area contributed by atoms with Crippen LogP contribution in [0.2, 0.25) is 0 Å². The van der Waals surface area contributed by atoms with Gasteiger partial charge in [0.1, 0.15) is 5.78 Å². The number of nitrogens with zero attached hydrogens (tertiary/aromatic N) is 1. The molecule has 1 heterocycles. The lowest BCUT2D eigenvalue weighted by Crippen LogP contribution is -2.49. The van der Waals surface area contributed by atoms with Crippen molar-refractivity contribution < 1.29 is 14.3 Å². The van der Waals surface area contributed by atoms with E-state index in [0.29, 0.717) is 31.5 Å². The van der Waals surface area contributed by atoms with Crippen molar-refractivity contribution in [1.82, 2.24) is 10.2 Å². The van der Waals surface area contributed by atoms with Crippen LogP contribution in [0, 0.1) is 5.92 Å². The van der Waals surface area contributed by atoms with Crippen LogP contribution in [0.5, 0.6) is 0 Å². The van der Waals surface area contributed by atoms with Crippen molar-refractivity contribution in [3.8, 4) is 0 Å². The van der Waals surface area contributed by atoms with Crippen molar-refractivity contribution in [1.29, 1.82) is 0 Å². The molecule has 1 saturated carbocycles. The monoisotopic (exact) mass is 296 g/mol. The molecule has 120 valence electrons. The van der Waals surface area contributed by atoms with E-state index < -0.39 is 0 Å². The van der Waals surface area contributed by atoms with Gasteiger partial charge in [-0.3, -0.25) is 14.5 Å². The van der Waals surface area contributed by atoms with Gasteiger partial charge in [0.15, 0.2) is 0 Å². The van der Waals surface area contributed by atoms with E-state index >= 15 is 0 Å². The summed E-state index contributed by atoms with van der Waals surface area (Å²) >= 11 is 0. The van der Waals surface area contributed by atoms with Gasteiger partial charge in [0, 0.05) is 38.6 Å². The summed E-state index contributed by atoms with van der Waals surface area (Å²) in [6.07, 6.45) is 6.99. The standard InChI is InChI=1S/C16H28N2O3/c1-21-11-5-9-17-16(20)12-18-10-3-2-7-14(18)13-6-4-8-15(13)19/h13-14H,2-12H2,1H3,(H,17,20). The highest BCUT2D eigenvalue weighted by atomic mass is 16.5. The van der Waals surface area contributed by atoms with E-state index in [2.05, 4.69) is 10.2 Å². The molecule has 2 rings (SSSR count). The second-order valence-corrected chi connectivity index (χ2v) is 6.19. The minimum Gasteiger partial charge on any atom is -0.385 e. The Labute approximate surface area is 127 Å². The highest BCUT2D eigenvalue weighted by molar-refractivity contribution is 5.84. The molecule has 1 aliphatic heterocycles. The molecule has 1 aliphatic carbocycles. The molecular weight excluding hydrogens is 268 g/mol. The number of ketones is 1. The summed E-state index contributed by atoms with van der Waals surface area (Å²) in [6.45, 7) is 2.71. The van der Waals surface area contributed by atoms with Crippen LogP contribution in [-0.4, -0.2) is 56.0 Å². The van der Waals surface area contributed by atoms with Gasteiger partial charge in [0.05, 0.1) is 6.54 Å². The van der Waals surface area contributed by atoms with Crippen LogP contribution in [0.15, 0.2) is 0 Å². The molecule has 2 unspecified atom stereocenters. The molecule has 0 aromatic carbocycles. The van der Waals surface area contributed by atoms with Crippen molar-refractivity contribution in [3.63, 3.8) is 0 Å². The number of likely N-dealkylation sites (tertiary alicyclic amines) is 1. The van der Waals surface area contributed by atoms with Crippen LogP contribution < -0.4 is 5.32 Å². The lowest BCUT2D eigenvalue weighted by atomic mass is 9.88. The smallest absolute Gasteiger partial charge is 0.234 e. The van der Waals surface area contributed by atoms with E-state index in [1.54, 1.807) is 7.11 Å². The Kier molecular flexibility index (Phi) is 6.64. The predicted molar refractivity (Wildman–Crippen MR) is 81.1 cm³/mol. The molecule has 0 radical (unpaired) electrons. The summed E-state index contributed by atoms with van der Waals surface area (Å²) in [5.74, 6) is 0.655. The van der Waals surface area contributed by atoms with Crippen LogP contribution in [0.25, 0.3) is 0 Å². The first-order valence-corrected chi connectivity index (χ1v) is 8.24.